The number of carboxylic acid groups (broad SMARTS) is 1. The number of esters is 1. The van der Waals surface area contributed by atoms with Crippen molar-refractivity contribution in [2.75, 3.05) is 47.6 Å². The van der Waals surface area contributed by atoms with Gasteiger partial charge in [0.15, 0.2) is 23.0 Å². The second kappa shape index (κ2) is 19.3. The van der Waals surface area contributed by atoms with Gasteiger partial charge in [0.2, 0.25) is 25.1 Å². The minimum absolute atomic E-state index is 0.0125. The standard InChI is InChI=1S/C34H38N2O12.C2HF3O2/c1-5-7-12-43-22-10-8-20(9-11-22)17-48-35-15-21(16-37)36-33(38)23-13-25(40-3)29-31(46-18-44-29)27(23)28-24(34(39)42-6-2)14-26(41-4)30-32(28)47-19-45-30;3-2(4,5)1(6)7/h8-11,13-15,21,37H,5-7,12,16-19H2,1-4H3,(H,36,38);(H,6,7)/b35-15+;. The third-order valence-electron chi connectivity index (χ3n) is 7.64. The smallest absolute Gasteiger partial charge is 0.490 e. The number of rotatable bonds is 16. The van der Waals surface area contributed by atoms with Gasteiger partial charge in [0.1, 0.15) is 12.4 Å². The molecule has 2 aliphatic rings. The Morgan fingerprint density at radius 2 is 1.45 bits per heavy atom. The molecule has 55 heavy (non-hydrogen) atoms. The number of aliphatic carboxylic acids is 1. The number of hydrogen-bond donors (Lipinski definition) is 3. The van der Waals surface area contributed by atoms with Crippen LogP contribution < -0.4 is 38.5 Å². The molecule has 3 aromatic carbocycles. The average molecular weight is 781 g/mol. The number of amides is 1. The number of carbonyl (C=O) groups is 3. The van der Waals surface area contributed by atoms with Crippen molar-refractivity contribution in [1.29, 1.82) is 0 Å². The Balaban J connectivity index is 0.000000876. The molecule has 0 saturated heterocycles. The topological polar surface area (TPSA) is 199 Å². The zero-order chi connectivity index (χ0) is 40.1. The summed E-state index contributed by atoms with van der Waals surface area (Å²) >= 11 is 0. The van der Waals surface area contributed by atoms with Crippen molar-refractivity contribution in [2.24, 2.45) is 5.16 Å². The molecule has 1 unspecified atom stereocenters. The Bertz CT molecular complexity index is 1850. The Kier molecular flexibility index (Phi) is 14.6. The molecule has 0 radical (unpaired) electrons. The molecule has 0 fully saturated rings. The van der Waals surface area contributed by atoms with Crippen molar-refractivity contribution >= 4 is 24.1 Å². The molecule has 0 aliphatic carbocycles. The molecular formula is C36H39F3N2O14. The second-order valence-corrected chi connectivity index (χ2v) is 11.3. The zero-order valence-corrected chi connectivity index (χ0v) is 30.2. The van der Waals surface area contributed by atoms with Crippen molar-refractivity contribution in [2.45, 2.75) is 45.5 Å². The average Bonchev–Trinajstić information content (AvgIpc) is 3.87. The number of alkyl halides is 3. The van der Waals surface area contributed by atoms with E-state index in [0.29, 0.717) is 6.61 Å². The van der Waals surface area contributed by atoms with E-state index in [-0.39, 0.29) is 83.6 Å². The fourth-order valence-electron chi connectivity index (χ4n) is 5.05. The van der Waals surface area contributed by atoms with Gasteiger partial charge in [0.25, 0.3) is 5.91 Å². The molecule has 2 heterocycles. The van der Waals surface area contributed by atoms with E-state index >= 15 is 0 Å². The van der Waals surface area contributed by atoms with Gasteiger partial charge in [0.05, 0.1) is 57.4 Å². The van der Waals surface area contributed by atoms with E-state index in [0.717, 1.165) is 24.2 Å². The third-order valence-corrected chi connectivity index (χ3v) is 7.64. The summed E-state index contributed by atoms with van der Waals surface area (Å²) in [6.07, 6.45) is -1.78. The largest absolute Gasteiger partial charge is 0.494 e. The minimum atomic E-state index is -5.08. The second-order valence-electron chi connectivity index (χ2n) is 11.3. The maximum Gasteiger partial charge on any atom is 0.490 e. The number of carbonyl (C=O) groups excluding carboxylic acids is 2. The lowest BCUT2D eigenvalue weighted by atomic mass is 9.91. The number of unbranched alkanes of at least 4 members (excludes halogenated alkanes) is 1. The number of carboxylic acids is 1. The monoisotopic (exact) mass is 780 g/mol. The van der Waals surface area contributed by atoms with Gasteiger partial charge < -0.3 is 58.3 Å². The molecule has 1 amide bonds. The van der Waals surface area contributed by atoms with E-state index in [9.17, 15) is 27.9 Å². The summed E-state index contributed by atoms with van der Waals surface area (Å²) in [6.45, 7) is 3.83. The van der Waals surface area contributed by atoms with Crippen LogP contribution in [-0.2, 0) is 21.0 Å². The number of hydrogen-bond acceptors (Lipinski definition) is 14. The molecule has 1 atom stereocenters. The van der Waals surface area contributed by atoms with E-state index in [1.165, 1.54) is 32.6 Å². The summed E-state index contributed by atoms with van der Waals surface area (Å²) in [7, 11) is 2.84. The van der Waals surface area contributed by atoms with Crippen LogP contribution in [0, 0.1) is 0 Å². The van der Waals surface area contributed by atoms with Gasteiger partial charge in [-0.1, -0.05) is 30.6 Å². The van der Waals surface area contributed by atoms with Gasteiger partial charge in [-0.15, -0.1) is 0 Å². The van der Waals surface area contributed by atoms with Gasteiger partial charge in [-0.2, -0.15) is 13.2 Å². The van der Waals surface area contributed by atoms with Gasteiger partial charge >= 0.3 is 18.1 Å². The highest BCUT2D eigenvalue weighted by Gasteiger charge is 2.39. The van der Waals surface area contributed by atoms with Crippen LogP contribution in [0.25, 0.3) is 11.1 Å². The van der Waals surface area contributed by atoms with Gasteiger partial charge in [-0.05, 0) is 43.2 Å². The molecule has 298 valence electrons. The number of methoxy groups -OCH3 is 2. The first kappa shape index (κ1) is 41.6. The maximum atomic E-state index is 14.0. The number of nitrogens with one attached hydrogen (secondary N) is 1. The van der Waals surface area contributed by atoms with E-state index in [2.05, 4.69) is 17.4 Å². The van der Waals surface area contributed by atoms with Gasteiger partial charge in [-0.3, -0.25) is 4.79 Å². The lowest BCUT2D eigenvalue weighted by Crippen LogP contribution is -2.39. The summed E-state index contributed by atoms with van der Waals surface area (Å²) in [4.78, 5) is 41.6. The number of nitrogens with zero attached hydrogens (tertiary/aromatic N) is 1. The van der Waals surface area contributed by atoms with Gasteiger partial charge in [-0.25, -0.2) is 9.59 Å². The Morgan fingerprint density at radius 1 is 0.909 bits per heavy atom. The Hall–Kier alpha value is -6.11. The first-order valence-electron chi connectivity index (χ1n) is 16.7. The van der Waals surface area contributed by atoms with Crippen molar-refractivity contribution in [3.63, 3.8) is 0 Å². The molecule has 19 heteroatoms. The number of fused-ring (bicyclic) bond motifs is 2. The molecule has 3 aromatic rings. The summed E-state index contributed by atoms with van der Waals surface area (Å²) in [5.74, 6) is -2.19. The lowest BCUT2D eigenvalue weighted by Gasteiger charge is -2.20. The molecule has 2 aliphatic heterocycles. The van der Waals surface area contributed by atoms with Crippen LogP contribution in [-0.4, -0.2) is 94.1 Å². The number of aliphatic hydroxyl groups is 1. The highest BCUT2D eigenvalue weighted by Crippen LogP contribution is 2.56. The lowest BCUT2D eigenvalue weighted by molar-refractivity contribution is -0.192. The number of halogens is 3. The van der Waals surface area contributed by atoms with Crippen molar-refractivity contribution in [3.8, 4) is 51.4 Å². The predicted octanol–water partition coefficient (Wildman–Crippen LogP) is 5.11. The molecular weight excluding hydrogens is 741 g/mol. The number of oxime groups is 1. The molecule has 3 N–H and O–H groups in total. The Morgan fingerprint density at radius 3 is 1.96 bits per heavy atom. The first-order valence-corrected chi connectivity index (χ1v) is 16.7. The summed E-state index contributed by atoms with van der Waals surface area (Å²) in [5.41, 5.74) is 1.21. The van der Waals surface area contributed by atoms with Crippen LogP contribution in [0.4, 0.5) is 13.2 Å². The van der Waals surface area contributed by atoms with Crippen LogP contribution in [0.3, 0.4) is 0 Å². The van der Waals surface area contributed by atoms with Crippen molar-refractivity contribution < 1.29 is 80.5 Å². The van der Waals surface area contributed by atoms with E-state index in [1.807, 2.05) is 24.3 Å². The predicted molar refractivity (Wildman–Crippen MR) is 185 cm³/mol. The molecule has 16 nitrogen and oxygen atoms in total. The summed E-state index contributed by atoms with van der Waals surface area (Å²) in [5, 5.41) is 23.9. The zero-order valence-electron chi connectivity index (χ0n) is 30.2. The highest BCUT2D eigenvalue weighted by molar-refractivity contribution is 6.10. The molecule has 0 saturated carbocycles. The number of benzene rings is 3. The normalized spacial score (nSPS) is 13.0. The highest BCUT2D eigenvalue weighted by atomic mass is 19.4. The van der Waals surface area contributed by atoms with Crippen molar-refractivity contribution in [1.82, 2.24) is 5.32 Å². The third kappa shape index (κ3) is 10.3. The van der Waals surface area contributed by atoms with Crippen LogP contribution in [0.5, 0.6) is 40.2 Å². The van der Waals surface area contributed by atoms with Gasteiger partial charge in [0, 0.05) is 11.1 Å². The fourth-order valence-corrected chi connectivity index (χ4v) is 5.05. The molecule has 5 rings (SSSR count). The maximum absolute atomic E-state index is 14.0. The number of ether oxygens (including phenoxy) is 8. The minimum Gasteiger partial charge on any atom is -0.494 e. The van der Waals surface area contributed by atoms with E-state index < -0.39 is 36.7 Å². The molecule has 0 spiro atoms. The van der Waals surface area contributed by atoms with E-state index in [4.69, 9.17) is 52.6 Å². The molecule has 0 aromatic heterocycles. The van der Waals surface area contributed by atoms with Crippen LogP contribution in [0.2, 0.25) is 0 Å². The number of aliphatic hydroxyl groups excluding tert-OH is 1. The summed E-state index contributed by atoms with van der Waals surface area (Å²) < 4.78 is 76.8. The van der Waals surface area contributed by atoms with Crippen LogP contribution in [0.15, 0.2) is 41.6 Å². The van der Waals surface area contributed by atoms with Crippen LogP contribution in [0.1, 0.15) is 53.0 Å². The van der Waals surface area contributed by atoms with Crippen molar-refractivity contribution in [3.05, 3.63) is 53.1 Å². The fraction of sp³-hybridized carbons (Fsp3) is 0.389. The summed E-state index contributed by atoms with van der Waals surface area (Å²) in [6, 6.07) is 9.38. The molecule has 0 bridgehead atoms. The van der Waals surface area contributed by atoms with Crippen LogP contribution >= 0.6 is 0 Å². The van der Waals surface area contributed by atoms with E-state index in [1.54, 1.807) is 6.92 Å². The quantitative estimate of drug-likeness (QED) is 0.0750. The SMILES string of the molecule is CCCCOc1ccc(CO/N=C/C(CO)NC(=O)c2cc(OC)c3c(c2-c2c(C(=O)OCC)cc(OC)c4c2OCO4)OCO3)cc1.O=C(O)C(F)(F)F. The first-order chi connectivity index (χ1) is 26.4. The Labute approximate surface area is 312 Å².